The molecule has 2 heterocycles. The first-order chi connectivity index (χ1) is 9.29. The van der Waals surface area contributed by atoms with E-state index in [4.69, 9.17) is 4.74 Å². The van der Waals surface area contributed by atoms with E-state index in [0.717, 1.165) is 31.7 Å². The SMILES string of the molecule is O=c1cc(NC2CCOC2C2CC2)nc(C2CC2)[nH]1. The molecular formula is C14H19N3O2. The highest BCUT2D eigenvalue weighted by molar-refractivity contribution is 5.36. The van der Waals surface area contributed by atoms with Crippen molar-refractivity contribution in [2.75, 3.05) is 11.9 Å². The third kappa shape index (κ3) is 2.39. The van der Waals surface area contributed by atoms with Crippen LogP contribution in [0.5, 0.6) is 0 Å². The molecule has 4 rings (SSSR count). The van der Waals surface area contributed by atoms with Gasteiger partial charge in [-0.05, 0) is 38.0 Å². The molecule has 1 aromatic heterocycles. The number of nitrogens with one attached hydrogen (secondary N) is 2. The maximum atomic E-state index is 11.7. The van der Waals surface area contributed by atoms with E-state index >= 15 is 0 Å². The van der Waals surface area contributed by atoms with Gasteiger partial charge in [-0.3, -0.25) is 4.79 Å². The lowest BCUT2D eigenvalue weighted by Gasteiger charge is -2.20. The smallest absolute Gasteiger partial charge is 0.252 e. The van der Waals surface area contributed by atoms with Crippen molar-refractivity contribution < 1.29 is 4.74 Å². The maximum absolute atomic E-state index is 11.7. The molecule has 2 saturated carbocycles. The normalized spacial score (nSPS) is 30.5. The first-order valence-corrected chi connectivity index (χ1v) is 7.29. The lowest BCUT2D eigenvalue weighted by atomic mass is 10.1. The minimum atomic E-state index is -0.0544. The average Bonchev–Trinajstić information content (AvgIpc) is 3.29. The third-order valence-electron chi connectivity index (χ3n) is 4.28. The molecule has 5 heteroatoms. The molecule has 0 bridgehead atoms. The largest absolute Gasteiger partial charge is 0.376 e. The summed E-state index contributed by atoms with van der Waals surface area (Å²) in [5.41, 5.74) is -0.0544. The minimum absolute atomic E-state index is 0.0544. The second-order valence-corrected chi connectivity index (χ2v) is 6.00. The fourth-order valence-corrected chi connectivity index (χ4v) is 2.95. The zero-order valence-corrected chi connectivity index (χ0v) is 10.9. The molecule has 3 aliphatic rings. The molecule has 0 aromatic carbocycles. The van der Waals surface area contributed by atoms with Crippen LogP contribution in [0.3, 0.4) is 0 Å². The molecule has 0 amide bonds. The highest BCUT2D eigenvalue weighted by Crippen LogP contribution is 2.40. The second kappa shape index (κ2) is 4.34. The number of H-pyrrole nitrogens is 1. The zero-order valence-electron chi connectivity index (χ0n) is 10.9. The van der Waals surface area contributed by atoms with Crippen LogP contribution in [0.4, 0.5) is 5.82 Å². The van der Waals surface area contributed by atoms with E-state index in [1.54, 1.807) is 6.07 Å². The van der Waals surface area contributed by atoms with Gasteiger partial charge in [0.2, 0.25) is 0 Å². The number of anilines is 1. The monoisotopic (exact) mass is 261 g/mol. The molecule has 3 fully saturated rings. The van der Waals surface area contributed by atoms with Crippen LogP contribution in [0, 0.1) is 5.92 Å². The van der Waals surface area contributed by atoms with Gasteiger partial charge in [0.25, 0.3) is 5.56 Å². The molecule has 1 saturated heterocycles. The fraction of sp³-hybridized carbons (Fsp3) is 0.714. The zero-order chi connectivity index (χ0) is 12.8. The predicted molar refractivity (Wildman–Crippen MR) is 71.3 cm³/mol. The second-order valence-electron chi connectivity index (χ2n) is 6.00. The maximum Gasteiger partial charge on any atom is 0.252 e. The van der Waals surface area contributed by atoms with Crippen molar-refractivity contribution in [2.24, 2.45) is 5.92 Å². The summed E-state index contributed by atoms with van der Waals surface area (Å²) in [7, 11) is 0. The van der Waals surface area contributed by atoms with E-state index in [1.807, 2.05) is 0 Å². The van der Waals surface area contributed by atoms with Crippen molar-refractivity contribution in [1.82, 2.24) is 9.97 Å². The van der Waals surface area contributed by atoms with Gasteiger partial charge in [0.1, 0.15) is 11.6 Å². The number of aromatic amines is 1. The number of ether oxygens (including phenoxy) is 1. The van der Waals surface area contributed by atoms with Crippen molar-refractivity contribution in [3.63, 3.8) is 0 Å². The summed E-state index contributed by atoms with van der Waals surface area (Å²) in [5.74, 6) is 2.74. The van der Waals surface area contributed by atoms with E-state index in [9.17, 15) is 4.79 Å². The molecule has 1 aliphatic heterocycles. The van der Waals surface area contributed by atoms with Gasteiger partial charge in [0, 0.05) is 18.6 Å². The molecule has 5 nitrogen and oxygen atoms in total. The summed E-state index contributed by atoms with van der Waals surface area (Å²) in [6.45, 7) is 0.817. The van der Waals surface area contributed by atoms with Crippen molar-refractivity contribution >= 4 is 5.82 Å². The van der Waals surface area contributed by atoms with E-state index in [1.165, 1.54) is 12.8 Å². The number of nitrogens with zero attached hydrogens (tertiary/aromatic N) is 1. The Hall–Kier alpha value is -1.36. The number of rotatable bonds is 4. The number of aromatic nitrogens is 2. The molecule has 2 N–H and O–H groups in total. The van der Waals surface area contributed by atoms with E-state index in [2.05, 4.69) is 15.3 Å². The van der Waals surface area contributed by atoms with Crippen LogP contribution < -0.4 is 10.9 Å². The topological polar surface area (TPSA) is 67.0 Å². The fourth-order valence-electron chi connectivity index (χ4n) is 2.95. The van der Waals surface area contributed by atoms with Gasteiger partial charge in [-0.1, -0.05) is 0 Å². The molecule has 1 aromatic rings. The Kier molecular flexibility index (Phi) is 2.62. The van der Waals surface area contributed by atoms with E-state index in [0.29, 0.717) is 29.8 Å². The van der Waals surface area contributed by atoms with Crippen molar-refractivity contribution in [1.29, 1.82) is 0 Å². The molecule has 0 spiro atoms. The Bertz CT molecular complexity index is 534. The summed E-state index contributed by atoms with van der Waals surface area (Å²) in [4.78, 5) is 19.1. The summed E-state index contributed by atoms with van der Waals surface area (Å²) < 4.78 is 5.81. The summed E-state index contributed by atoms with van der Waals surface area (Å²) in [5, 5.41) is 3.42. The van der Waals surface area contributed by atoms with Crippen LogP contribution in [0.1, 0.15) is 43.8 Å². The minimum Gasteiger partial charge on any atom is -0.376 e. The Morgan fingerprint density at radius 3 is 2.84 bits per heavy atom. The van der Waals surface area contributed by atoms with Gasteiger partial charge >= 0.3 is 0 Å². The van der Waals surface area contributed by atoms with Crippen LogP contribution in [0.25, 0.3) is 0 Å². The Morgan fingerprint density at radius 1 is 1.26 bits per heavy atom. The van der Waals surface area contributed by atoms with Crippen molar-refractivity contribution in [3.8, 4) is 0 Å². The van der Waals surface area contributed by atoms with Gasteiger partial charge in [-0.25, -0.2) is 4.98 Å². The Labute approximate surface area is 111 Å². The van der Waals surface area contributed by atoms with Crippen molar-refractivity contribution in [3.05, 3.63) is 22.2 Å². The Morgan fingerprint density at radius 2 is 2.11 bits per heavy atom. The van der Waals surface area contributed by atoms with Gasteiger partial charge in [-0.2, -0.15) is 0 Å². The third-order valence-corrected chi connectivity index (χ3v) is 4.28. The van der Waals surface area contributed by atoms with E-state index < -0.39 is 0 Å². The molecule has 2 unspecified atom stereocenters. The van der Waals surface area contributed by atoms with Crippen LogP contribution >= 0.6 is 0 Å². The average molecular weight is 261 g/mol. The highest BCUT2D eigenvalue weighted by Gasteiger charge is 2.40. The highest BCUT2D eigenvalue weighted by atomic mass is 16.5. The van der Waals surface area contributed by atoms with Crippen LogP contribution in [-0.4, -0.2) is 28.7 Å². The quantitative estimate of drug-likeness (QED) is 0.864. The van der Waals surface area contributed by atoms with Gasteiger partial charge < -0.3 is 15.0 Å². The molecule has 19 heavy (non-hydrogen) atoms. The van der Waals surface area contributed by atoms with Gasteiger partial charge in [0.05, 0.1) is 12.1 Å². The molecular weight excluding hydrogens is 242 g/mol. The standard InChI is InChI=1S/C14H19N3O2/c18-12-7-11(16-14(17-12)9-3-4-9)15-10-5-6-19-13(10)8-1-2-8/h7-10,13H,1-6H2,(H2,15,16,17,18). The van der Waals surface area contributed by atoms with Crippen LogP contribution in [0.15, 0.2) is 10.9 Å². The first kappa shape index (κ1) is 11.5. The molecule has 2 aliphatic carbocycles. The van der Waals surface area contributed by atoms with Crippen LogP contribution in [-0.2, 0) is 4.74 Å². The number of hydrogen-bond acceptors (Lipinski definition) is 4. The lowest BCUT2D eigenvalue weighted by molar-refractivity contribution is 0.0898. The van der Waals surface area contributed by atoms with Crippen LogP contribution in [0.2, 0.25) is 0 Å². The Balaban J connectivity index is 1.53. The predicted octanol–water partition coefficient (Wildman–Crippen LogP) is 1.63. The summed E-state index contributed by atoms with van der Waals surface area (Å²) in [6.07, 6.45) is 6.16. The summed E-state index contributed by atoms with van der Waals surface area (Å²) in [6, 6.07) is 1.88. The molecule has 102 valence electrons. The first-order valence-electron chi connectivity index (χ1n) is 7.29. The van der Waals surface area contributed by atoms with E-state index in [-0.39, 0.29) is 5.56 Å². The summed E-state index contributed by atoms with van der Waals surface area (Å²) >= 11 is 0. The van der Waals surface area contributed by atoms with Crippen molar-refractivity contribution in [2.45, 2.75) is 50.2 Å². The lowest BCUT2D eigenvalue weighted by Crippen LogP contribution is -2.32. The van der Waals surface area contributed by atoms with Gasteiger partial charge in [-0.15, -0.1) is 0 Å². The molecule has 0 radical (unpaired) electrons. The van der Waals surface area contributed by atoms with Gasteiger partial charge in [0.15, 0.2) is 0 Å². The number of hydrogen-bond donors (Lipinski definition) is 2. The molecule has 2 atom stereocenters.